The molecule has 1 unspecified atom stereocenters. The molecule has 3 aromatic rings. The molecule has 0 aliphatic heterocycles. The highest BCUT2D eigenvalue weighted by molar-refractivity contribution is 5.93. The Balaban J connectivity index is 1.61. The van der Waals surface area contributed by atoms with Crippen LogP contribution in [-0.2, 0) is 0 Å². The SMILES string of the molecule is COc1ccccc1C(CCN(C)CCN(C)C(=O)c1ccccc1)c1ccccc1. The third kappa shape index (κ3) is 6.19. The normalized spacial score (nSPS) is 11.9. The number of carbonyl (C=O) groups is 1. The third-order valence-electron chi connectivity index (χ3n) is 5.70. The maximum absolute atomic E-state index is 12.6. The molecule has 0 aliphatic rings. The van der Waals surface area contributed by atoms with E-state index in [-0.39, 0.29) is 11.8 Å². The molecule has 3 rings (SSSR count). The van der Waals surface area contributed by atoms with Crippen LogP contribution in [0.2, 0.25) is 0 Å². The van der Waals surface area contributed by atoms with E-state index in [0.717, 1.165) is 30.8 Å². The van der Waals surface area contributed by atoms with E-state index < -0.39 is 0 Å². The first kappa shape index (κ1) is 22.6. The molecule has 0 heterocycles. The molecular formula is C27H32N2O2. The number of rotatable bonds is 10. The van der Waals surface area contributed by atoms with Gasteiger partial charge in [-0.2, -0.15) is 0 Å². The van der Waals surface area contributed by atoms with Gasteiger partial charge in [-0.3, -0.25) is 4.79 Å². The van der Waals surface area contributed by atoms with Crippen LogP contribution >= 0.6 is 0 Å². The van der Waals surface area contributed by atoms with E-state index in [1.54, 1.807) is 12.0 Å². The van der Waals surface area contributed by atoms with Crippen LogP contribution < -0.4 is 4.74 Å². The first-order valence-electron chi connectivity index (χ1n) is 10.8. The maximum Gasteiger partial charge on any atom is 0.253 e. The van der Waals surface area contributed by atoms with Crippen molar-refractivity contribution >= 4 is 5.91 Å². The molecule has 1 atom stereocenters. The lowest BCUT2D eigenvalue weighted by atomic mass is 9.88. The molecule has 0 spiro atoms. The summed E-state index contributed by atoms with van der Waals surface area (Å²) in [7, 11) is 5.71. The monoisotopic (exact) mass is 416 g/mol. The first-order chi connectivity index (χ1) is 15.1. The minimum atomic E-state index is 0.0604. The molecule has 1 amide bonds. The molecule has 0 fully saturated rings. The number of hydrogen-bond acceptors (Lipinski definition) is 3. The second kappa shape index (κ2) is 11.3. The number of nitrogens with zero attached hydrogens (tertiary/aromatic N) is 2. The molecule has 0 radical (unpaired) electrons. The molecule has 0 aromatic heterocycles. The van der Waals surface area contributed by atoms with Gasteiger partial charge in [-0.1, -0.05) is 66.7 Å². The second-order valence-electron chi connectivity index (χ2n) is 7.89. The molecule has 0 saturated carbocycles. The van der Waals surface area contributed by atoms with E-state index in [1.807, 2.05) is 49.5 Å². The van der Waals surface area contributed by atoms with Gasteiger partial charge in [0.15, 0.2) is 0 Å². The Labute approximate surface area is 186 Å². The van der Waals surface area contributed by atoms with Gasteiger partial charge in [0.05, 0.1) is 7.11 Å². The van der Waals surface area contributed by atoms with Gasteiger partial charge in [-0.25, -0.2) is 0 Å². The maximum atomic E-state index is 12.6. The molecule has 31 heavy (non-hydrogen) atoms. The summed E-state index contributed by atoms with van der Waals surface area (Å²) in [5, 5.41) is 0. The minimum absolute atomic E-state index is 0.0604. The largest absolute Gasteiger partial charge is 0.496 e. The summed E-state index contributed by atoms with van der Waals surface area (Å²) in [5.41, 5.74) is 3.23. The fourth-order valence-electron chi connectivity index (χ4n) is 3.83. The van der Waals surface area contributed by atoms with Crippen LogP contribution in [0.25, 0.3) is 0 Å². The zero-order valence-corrected chi connectivity index (χ0v) is 18.7. The zero-order valence-electron chi connectivity index (χ0n) is 18.7. The molecule has 4 heteroatoms. The highest BCUT2D eigenvalue weighted by atomic mass is 16.5. The molecular weight excluding hydrogens is 384 g/mol. The minimum Gasteiger partial charge on any atom is -0.496 e. The number of benzene rings is 3. The van der Waals surface area contributed by atoms with Crippen molar-refractivity contribution in [2.24, 2.45) is 0 Å². The van der Waals surface area contributed by atoms with Gasteiger partial charge in [0.2, 0.25) is 0 Å². The van der Waals surface area contributed by atoms with Gasteiger partial charge in [-0.05, 0) is 43.8 Å². The molecule has 0 aliphatic carbocycles. The van der Waals surface area contributed by atoms with Crippen LogP contribution in [0.1, 0.15) is 33.8 Å². The van der Waals surface area contributed by atoms with Crippen LogP contribution in [-0.4, -0.2) is 56.5 Å². The molecule has 0 bridgehead atoms. The van der Waals surface area contributed by atoms with Crippen molar-refractivity contribution in [2.75, 3.05) is 40.8 Å². The predicted octanol–water partition coefficient (Wildman–Crippen LogP) is 4.92. The number of para-hydroxylation sites is 1. The van der Waals surface area contributed by atoms with E-state index in [0.29, 0.717) is 6.54 Å². The lowest BCUT2D eigenvalue weighted by molar-refractivity contribution is 0.0782. The average molecular weight is 417 g/mol. The van der Waals surface area contributed by atoms with Crippen LogP contribution in [0, 0.1) is 0 Å². The quantitative estimate of drug-likeness (QED) is 0.470. The van der Waals surface area contributed by atoms with Gasteiger partial charge in [0.1, 0.15) is 5.75 Å². The Kier molecular flexibility index (Phi) is 8.25. The number of ether oxygens (including phenoxy) is 1. The Bertz CT molecular complexity index is 944. The molecule has 0 N–H and O–H groups in total. The Morgan fingerprint density at radius 2 is 1.42 bits per heavy atom. The van der Waals surface area contributed by atoms with Crippen molar-refractivity contribution in [1.29, 1.82) is 0 Å². The number of likely N-dealkylation sites (N-methyl/N-ethyl adjacent to an activating group) is 2. The number of carbonyl (C=O) groups excluding carboxylic acids is 1. The fourth-order valence-corrected chi connectivity index (χ4v) is 3.83. The van der Waals surface area contributed by atoms with Crippen molar-refractivity contribution in [1.82, 2.24) is 9.80 Å². The van der Waals surface area contributed by atoms with Crippen LogP contribution in [0.15, 0.2) is 84.9 Å². The van der Waals surface area contributed by atoms with Crippen molar-refractivity contribution in [3.63, 3.8) is 0 Å². The van der Waals surface area contributed by atoms with Gasteiger partial charge in [-0.15, -0.1) is 0 Å². The smallest absolute Gasteiger partial charge is 0.253 e. The molecule has 162 valence electrons. The second-order valence-corrected chi connectivity index (χ2v) is 7.89. The lowest BCUT2D eigenvalue weighted by Gasteiger charge is -2.25. The van der Waals surface area contributed by atoms with Gasteiger partial charge < -0.3 is 14.5 Å². The average Bonchev–Trinajstić information content (AvgIpc) is 2.83. The predicted molar refractivity (Wildman–Crippen MR) is 127 cm³/mol. The van der Waals surface area contributed by atoms with Gasteiger partial charge in [0.25, 0.3) is 5.91 Å². The van der Waals surface area contributed by atoms with E-state index >= 15 is 0 Å². The number of methoxy groups -OCH3 is 1. The van der Waals surface area contributed by atoms with E-state index in [1.165, 1.54) is 11.1 Å². The summed E-state index contributed by atoms with van der Waals surface area (Å²) in [6.45, 7) is 2.43. The molecule has 0 saturated heterocycles. The molecule has 4 nitrogen and oxygen atoms in total. The summed E-state index contributed by atoms with van der Waals surface area (Å²) in [5.74, 6) is 1.24. The number of amides is 1. The fraction of sp³-hybridized carbons (Fsp3) is 0.296. The summed E-state index contributed by atoms with van der Waals surface area (Å²) < 4.78 is 5.64. The Hall–Kier alpha value is -3.11. The zero-order chi connectivity index (χ0) is 22.1. The Morgan fingerprint density at radius 1 is 0.806 bits per heavy atom. The first-order valence-corrected chi connectivity index (χ1v) is 10.8. The van der Waals surface area contributed by atoms with Gasteiger partial charge in [0, 0.05) is 37.2 Å². The summed E-state index contributed by atoms with van der Waals surface area (Å²) in [6, 6.07) is 28.3. The van der Waals surface area contributed by atoms with E-state index in [4.69, 9.17) is 4.74 Å². The lowest BCUT2D eigenvalue weighted by Crippen LogP contribution is -2.35. The van der Waals surface area contributed by atoms with Crippen LogP contribution in [0.4, 0.5) is 0 Å². The summed E-state index contributed by atoms with van der Waals surface area (Å²) in [6.07, 6.45) is 0.969. The van der Waals surface area contributed by atoms with Crippen LogP contribution in [0.5, 0.6) is 5.75 Å². The topological polar surface area (TPSA) is 32.8 Å². The van der Waals surface area contributed by atoms with Crippen molar-refractivity contribution in [3.8, 4) is 5.75 Å². The summed E-state index contributed by atoms with van der Waals surface area (Å²) >= 11 is 0. The summed E-state index contributed by atoms with van der Waals surface area (Å²) in [4.78, 5) is 16.6. The highest BCUT2D eigenvalue weighted by Crippen LogP contribution is 2.34. The molecule has 3 aromatic carbocycles. The third-order valence-corrected chi connectivity index (χ3v) is 5.70. The van der Waals surface area contributed by atoms with Gasteiger partial charge >= 0.3 is 0 Å². The standard InChI is InChI=1S/C27H32N2O2/c1-28(20-21-29(2)27(30)23-14-8-5-9-15-23)19-18-24(22-12-6-4-7-13-22)25-16-10-11-17-26(25)31-3/h4-17,24H,18-21H2,1-3H3. The van der Waals surface area contributed by atoms with Crippen molar-refractivity contribution in [3.05, 3.63) is 102 Å². The van der Waals surface area contributed by atoms with E-state index in [9.17, 15) is 4.79 Å². The van der Waals surface area contributed by atoms with Crippen molar-refractivity contribution in [2.45, 2.75) is 12.3 Å². The van der Waals surface area contributed by atoms with E-state index in [2.05, 4.69) is 54.4 Å². The Morgan fingerprint density at radius 3 is 2.10 bits per heavy atom. The van der Waals surface area contributed by atoms with Crippen LogP contribution in [0.3, 0.4) is 0 Å². The van der Waals surface area contributed by atoms with Crippen molar-refractivity contribution < 1.29 is 9.53 Å². The highest BCUT2D eigenvalue weighted by Gasteiger charge is 2.19. The number of hydrogen-bond donors (Lipinski definition) is 0.